The van der Waals surface area contributed by atoms with Gasteiger partial charge in [0.1, 0.15) is 11.3 Å². The van der Waals surface area contributed by atoms with Crippen molar-refractivity contribution in [2.45, 2.75) is 32.4 Å². The maximum absolute atomic E-state index is 5.90. The number of aliphatic imine (C=N–C) groups is 1. The van der Waals surface area contributed by atoms with E-state index in [2.05, 4.69) is 28.6 Å². The Morgan fingerprint density at radius 3 is 2.83 bits per heavy atom. The molecule has 6 heteroatoms. The first-order chi connectivity index (χ1) is 10.8. The number of aryl methyl sites for hydroxylation is 1. The minimum Gasteiger partial charge on any atom is -0.459 e. The number of nitrogens with zero attached hydrogens (tertiary/aromatic N) is 1. The molecule has 126 valence electrons. The van der Waals surface area contributed by atoms with Gasteiger partial charge in [0.05, 0.1) is 12.6 Å². The zero-order chi connectivity index (χ0) is 15.4. The van der Waals surface area contributed by atoms with Gasteiger partial charge in [-0.2, -0.15) is 0 Å². The summed E-state index contributed by atoms with van der Waals surface area (Å²) in [5.41, 5.74) is 2.11. The molecule has 1 aliphatic heterocycles. The lowest BCUT2D eigenvalue weighted by atomic mass is 10.1. The molecule has 1 atom stereocenters. The minimum absolute atomic E-state index is 0. The smallest absolute Gasteiger partial charge is 0.191 e. The Kier molecular flexibility index (Phi) is 6.71. The Hall–Kier alpha value is -1.28. The number of nitrogens with one attached hydrogen (secondary N) is 2. The van der Waals surface area contributed by atoms with Crippen LogP contribution in [-0.4, -0.2) is 32.3 Å². The van der Waals surface area contributed by atoms with Gasteiger partial charge in [0.15, 0.2) is 5.96 Å². The molecule has 5 nitrogen and oxygen atoms in total. The molecule has 0 aliphatic carbocycles. The quantitative estimate of drug-likeness (QED) is 0.445. The molecule has 2 N–H and O–H groups in total. The highest BCUT2D eigenvalue weighted by Gasteiger charge is 2.16. The van der Waals surface area contributed by atoms with Crippen LogP contribution < -0.4 is 10.6 Å². The fourth-order valence-electron chi connectivity index (χ4n) is 2.79. The molecule has 23 heavy (non-hydrogen) atoms. The Morgan fingerprint density at radius 2 is 2.13 bits per heavy atom. The van der Waals surface area contributed by atoms with E-state index in [0.29, 0.717) is 12.6 Å². The van der Waals surface area contributed by atoms with Crippen molar-refractivity contribution < 1.29 is 9.15 Å². The highest BCUT2D eigenvalue weighted by molar-refractivity contribution is 14.0. The molecule has 0 radical (unpaired) electrons. The van der Waals surface area contributed by atoms with Crippen LogP contribution in [0.3, 0.4) is 0 Å². The van der Waals surface area contributed by atoms with Crippen LogP contribution in [0.25, 0.3) is 11.0 Å². The minimum atomic E-state index is 0. The molecular formula is C17H24IN3O2. The third-order valence-corrected chi connectivity index (χ3v) is 4.10. The number of halogens is 1. The van der Waals surface area contributed by atoms with Gasteiger partial charge in [-0.1, -0.05) is 18.2 Å². The highest BCUT2D eigenvalue weighted by Crippen LogP contribution is 2.24. The summed E-state index contributed by atoms with van der Waals surface area (Å²) in [5, 5.41) is 7.78. The Balaban J connectivity index is 0.00000192. The molecule has 0 bridgehead atoms. The van der Waals surface area contributed by atoms with Crippen LogP contribution >= 0.6 is 24.0 Å². The summed E-state index contributed by atoms with van der Waals surface area (Å²) >= 11 is 0. The SMILES string of the molecule is CN=C(NCc1oc2ccccc2c1C)NCC1CCCO1.I. The molecule has 0 amide bonds. The van der Waals surface area contributed by atoms with Crippen molar-refractivity contribution in [1.29, 1.82) is 0 Å². The van der Waals surface area contributed by atoms with Gasteiger partial charge in [0, 0.05) is 31.1 Å². The van der Waals surface area contributed by atoms with E-state index < -0.39 is 0 Å². The largest absolute Gasteiger partial charge is 0.459 e. The van der Waals surface area contributed by atoms with E-state index in [1.165, 1.54) is 10.9 Å². The maximum Gasteiger partial charge on any atom is 0.191 e. The van der Waals surface area contributed by atoms with Gasteiger partial charge in [-0.05, 0) is 25.8 Å². The molecule has 1 unspecified atom stereocenters. The van der Waals surface area contributed by atoms with Gasteiger partial charge >= 0.3 is 0 Å². The first kappa shape index (κ1) is 18.1. The van der Waals surface area contributed by atoms with Crippen LogP contribution in [-0.2, 0) is 11.3 Å². The van der Waals surface area contributed by atoms with E-state index in [9.17, 15) is 0 Å². The summed E-state index contributed by atoms with van der Waals surface area (Å²) in [6.45, 7) is 4.37. The first-order valence-corrected chi connectivity index (χ1v) is 7.81. The second-order valence-electron chi connectivity index (χ2n) is 5.59. The van der Waals surface area contributed by atoms with Crippen molar-refractivity contribution in [2.24, 2.45) is 4.99 Å². The van der Waals surface area contributed by atoms with E-state index >= 15 is 0 Å². The van der Waals surface area contributed by atoms with Gasteiger partial charge in [-0.25, -0.2) is 0 Å². The third-order valence-electron chi connectivity index (χ3n) is 4.10. The van der Waals surface area contributed by atoms with Gasteiger partial charge in [0.2, 0.25) is 0 Å². The van der Waals surface area contributed by atoms with Gasteiger partial charge in [-0.15, -0.1) is 24.0 Å². The molecule has 1 fully saturated rings. The highest BCUT2D eigenvalue weighted by atomic mass is 127. The molecule has 1 aromatic carbocycles. The van der Waals surface area contributed by atoms with Crippen molar-refractivity contribution in [2.75, 3.05) is 20.2 Å². The number of hydrogen-bond donors (Lipinski definition) is 2. The summed E-state index contributed by atoms with van der Waals surface area (Å²) < 4.78 is 11.5. The molecule has 1 aromatic heterocycles. The number of benzene rings is 1. The normalized spacial score (nSPS) is 18.0. The summed E-state index contributed by atoms with van der Waals surface area (Å²) in [6, 6.07) is 8.10. The van der Waals surface area contributed by atoms with Crippen LogP contribution in [0.2, 0.25) is 0 Å². The number of hydrogen-bond acceptors (Lipinski definition) is 3. The summed E-state index contributed by atoms with van der Waals surface area (Å²) in [4.78, 5) is 4.24. The van der Waals surface area contributed by atoms with Crippen LogP contribution in [0, 0.1) is 6.92 Å². The molecule has 1 saturated heterocycles. The number of guanidine groups is 1. The molecule has 2 heterocycles. The first-order valence-electron chi connectivity index (χ1n) is 7.81. The standard InChI is InChI=1S/C17H23N3O2.HI/c1-12-14-7-3-4-8-15(14)22-16(12)11-20-17(18-2)19-10-13-6-5-9-21-13;/h3-4,7-8,13H,5-6,9-11H2,1-2H3,(H2,18,19,20);1H. The van der Waals surface area contributed by atoms with E-state index in [1.807, 2.05) is 18.2 Å². The van der Waals surface area contributed by atoms with E-state index in [4.69, 9.17) is 9.15 Å². The summed E-state index contributed by atoms with van der Waals surface area (Å²) in [7, 11) is 1.77. The predicted octanol–water partition coefficient (Wildman–Crippen LogP) is 3.20. The van der Waals surface area contributed by atoms with Crippen molar-refractivity contribution in [1.82, 2.24) is 10.6 Å². The molecule has 3 rings (SSSR count). The van der Waals surface area contributed by atoms with Gasteiger partial charge in [-0.3, -0.25) is 4.99 Å². The predicted molar refractivity (Wildman–Crippen MR) is 104 cm³/mol. The van der Waals surface area contributed by atoms with E-state index in [1.54, 1.807) is 7.05 Å². The Morgan fingerprint density at radius 1 is 1.30 bits per heavy atom. The number of fused-ring (bicyclic) bond motifs is 1. The van der Waals surface area contributed by atoms with Crippen molar-refractivity contribution in [3.63, 3.8) is 0 Å². The second kappa shape index (κ2) is 8.54. The number of rotatable bonds is 4. The monoisotopic (exact) mass is 429 g/mol. The zero-order valence-corrected chi connectivity index (χ0v) is 15.9. The van der Waals surface area contributed by atoms with Crippen molar-refractivity contribution in [3.05, 3.63) is 35.6 Å². The second-order valence-corrected chi connectivity index (χ2v) is 5.59. The average Bonchev–Trinajstić information content (AvgIpc) is 3.17. The lowest BCUT2D eigenvalue weighted by Crippen LogP contribution is -2.40. The van der Waals surface area contributed by atoms with Crippen LogP contribution in [0.1, 0.15) is 24.2 Å². The van der Waals surface area contributed by atoms with Crippen LogP contribution in [0.4, 0.5) is 0 Å². The maximum atomic E-state index is 5.90. The molecule has 1 aliphatic rings. The average molecular weight is 429 g/mol. The lowest BCUT2D eigenvalue weighted by Gasteiger charge is -2.14. The molecule has 0 saturated carbocycles. The van der Waals surface area contributed by atoms with E-state index in [-0.39, 0.29) is 24.0 Å². The van der Waals surface area contributed by atoms with Crippen molar-refractivity contribution in [3.8, 4) is 0 Å². The van der Waals surface area contributed by atoms with Crippen molar-refractivity contribution >= 4 is 40.9 Å². The summed E-state index contributed by atoms with van der Waals surface area (Å²) in [5.74, 6) is 1.72. The zero-order valence-electron chi connectivity index (χ0n) is 13.6. The number of ether oxygens (including phenoxy) is 1. The summed E-state index contributed by atoms with van der Waals surface area (Å²) in [6.07, 6.45) is 2.56. The molecule has 0 spiro atoms. The Bertz CT molecular complexity index is 663. The fraction of sp³-hybridized carbons (Fsp3) is 0.471. The topological polar surface area (TPSA) is 58.8 Å². The molecule has 2 aromatic rings. The van der Waals surface area contributed by atoms with Crippen LogP contribution in [0.15, 0.2) is 33.7 Å². The van der Waals surface area contributed by atoms with Gasteiger partial charge in [0.25, 0.3) is 0 Å². The third kappa shape index (κ3) is 4.38. The van der Waals surface area contributed by atoms with Crippen LogP contribution in [0.5, 0.6) is 0 Å². The fourth-order valence-corrected chi connectivity index (χ4v) is 2.79. The lowest BCUT2D eigenvalue weighted by molar-refractivity contribution is 0.114. The van der Waals surface area contributed by atoms with E-state index in [0.717, 1.165) is 43.3 Å². The van der Waals surface area contributed by atoms with Gasteiger partial charge < -0.3 is 19.8 Å². The number of para-hydroxylation sites is 1. The molecular weight excluding hydrogens is 405 g/mol. The number of furan rings is 1. The Labute approximate surface area is 153 Å².